The van der Waals surface area contributed by atoms with E-state index in [9.17, 15) is 0 Å². The molecule has 0 unspecified atom stereocenters. The van der Waals surface area contributed by atoms with E-state index < -0.39 is 0 Å². The molecule has 0 atom stereocenters. The fourth-order valence-electron chi connectivity index (χ4n) is 0.802. The molecule has 1 saturated heterocycles. The van der Waals surface area contributed by atoms with Gasteiger partial charge in [0.15, 0.2) is 0 Å². The molecule has 0 aromatic heterocycles. The molecule has 0 radical (unpaired) electrons. The van der Waals surface area contributed by atoms with Crippen LogP contribution in [0.4, 0.5) is 0 Å². The number of hydrogen-bond donors (Lipinski definition) is 2. The molecule has 2 nitrogen and oxygen atoms in total. The molecule has 1 fully saturated rings. The molecule has 1 rings (SSSR count). The van der Waals surface area contributed by atoms with Gasteiger partial charge in [-0.05, 0) is 38.9 Å². The zero-order valence-electron chi connectivity index (χ0n) is 7.03. The summed E-state index contributed by atoms with van der Waals surface area (Å²) >= 11 is 0. The standard InChI is InChI=1S/C5H11N.C3H9N.2H2/c1-2-4-6-5-3-1;1-2-3-4;;/h6H,1-5H2;2-4H2,1H3;2*1H. The van der Waals surface area contributed by atoms with Gasteiger partial charge >= 0.3 is 0 Å². The summed E-state index contributed by atoms with van der Waals surface area (Å²) in [5.41, 5.74) is 5.03. The first-order chi connectivity index (χ1) is 4.91. The normalized spacial score (nSPS) is 17.4. The lowest BCUT2D eigenvalue weighted by Gasteiger charge is -2.08. The maximum atomic E-state index is 5.03. The third-order valence-electron chi connectivity index (χ3n) is 1.50. The van der Waals surface area contributed by atoms with Crippen LogP contribution in [-0.4, -0.2) is 19.6 Å². The second-order valence-electron chi connectivity index (χ2n) is 2.60. The van der Waals surface area contributed by atoms with Gasteiger partial charge in [0, 0.05) is 2.85 Å². The number of nitrogens with one attached hydrogen (secondary N) is 1. The maximum Gasteiger partial charge on any atom is 0 e. The largest absolute Gasteiger partial charge is 0.330 e. The molecule has 0 aromatic rings. The van der Waals surface area contributed by atoms with E-state index in [0.29, 0.717) is 0 Å². The van der Waals surface area contributed by atoms with Crippen LogP contribution in [0.1, 0.15) is 35.5 Å². The minimum atomic E-state index is 0. The van der Waals surface area contributed by atoms with Gasteiger partial charge in [-0.15, -0.1) is 0 Å². The summed E-state index contributed by atoms with van der Waals surface area (Å²) in [4.78, 5) is 0. The van der Waals surface area contributed by atoms with Crippen molar-refractivity contribution in [2.75, 3.05) is 19.6 Å². The van der Waals surface area contributed by atoms with Gasteiger partial charge < -0.3 is 11.1 Å². The molecule has 3 N–H and O–H groups in total. The lowest BCUT2D eigenvalue weighted by atomic mass is 10.2. The first-order valence-corrected chi connectivity index (χ1v) is 4.32. The lowest BCUT2D eigenvalue weighted by Crippen LogP contribution is -2.21. The minimum Gasteiger partial charge on any atom is -0.330 e. The second-order valence-corrected chi connectivity index (χ2v) is 2.60. The van der Waals surface area contributed by atoms with E-state index in [1.807, 2.05) is 0 Å². The van der Waals surface area contributed by atoms with Crippen molar-refractivity contribution in [1.82, 2.24) is 5.32 Å². The summed E-state index contributed by atoms with van der Waals surface area (Å²) in [7, 11) is 0. The minimum absolute atomic E-state index is 0. The summed E-state index contributed by atoms with van der Waals surface area (Å²) in [5.74, 6) is 0. The first-order valence-electron chi connectivity index (χ1n) is 4.32. The van der Waals surface area contributed by atoms with Crippen molar-refractivity contribution in [3.05, 3.63) is 0 Å². The highest BCUT2D eigenvalue weighted by Gasteiger charge is 1.93. The molecule has 1 aliphatic rings. The van der Waals surface area contributed by atoms with Crippen molar-refractivity contribution in [1.29, 1.82) is 0 Å². The average Bonchev–Trinajstić information content (AvgIpc) is 2.08. The maximum absolute atomic E-state index is 5.03. The second kappa shape index (κ2) is 8.92. The Bertz CT molecular complexity index is 45.5. The van der Waals surface area contributed by atoms with Crippen molar-refractivity contribution in [3.8, 4) is 0 Å². The van der Waals surface area contributed by atoms with E-state index in [1.165, 1.54) is 32.4 Å². The number of piperidine rings is 1. The Morgan fingerprint density at radius 1 is 1.30 bits per heavy atom. The van der Waals surface area contributed by atoms with Crippen molar-refractivity contribution in [2.24, 2.45) is 5.73 Å². The van der Waals surface area contributed by atoms with Crippen molar-refractivity contribution < 1.29 is 2.85 Å². The SMILES string of the molecule is C1CCNCC1.CCCN.[HH].[HH]. The molecule has 1 aliphatic heterocycles. The van der Waals surface area contributed by atoms with Crippen molar-refractivity contribution in [2.45, 2.75) is 32.6 Å². The third kappa shape index (κ3) is 7.92. The summed E-state index contributed by atoms with van der Waals surface area (Å²) in [5, 5.41) is 3.28. The van der Waals surface area contributed by atoms with Crippen LogP contribution in [0.2, 0.25) is 0 Å². The van der Waals surface area contributed by atoms with Crippen LogP contribution >= 0.6 is 0 Å². The van der Waals surface area contributed by atoms with Crippen LogP contribution in [0.5, 0.6) is 0 Å². The Labute approximate surface area is 67.2 Å². The van der Waals surface area contributed by atoms with E-state index in [2.05, 4.69) is 12.2 Å². The molecule has 1 heterocycles. The Balaban J connectivity index is -0.000000124. The molecule has 0 aliphatic carbocycles. The lowest BCUT2D eigenvalue weighted by molar-refractivity contribution is 0.520. The number of nitrogens with two attached hydrogens (primary N) is 1. The Hall–Kier alpha value is -0.0800. The zero-order valence-corrected chi connectivity index (χ0v) is 7.03. The summed E-state index contributed by atoms with van der Waals surface area (Å²) < 4.78 is 0. The highest BCUT2D eigenvalue weighted by Crippen LogP contribution is 1.96. The molecule has 0 bridgehead atoms. The fourth-order valence-corrected chi connectivity index (χ4v) is 0.802. The Morgan fingerprint density at radius 2 is 1.80 bits per heavy atom. The first kappa shape index (κ1) is 9.92. The van der Waals surface area contributed by atoms with E-state index >= 15 is 0 Å². The van der Waals surface area contributed by atoms with Gasteiger partial charge in [0.1, 0.15) is 0 Å². The topological polar surface area (TPSA) is 38.0 Å². The molecule has 0 saturated carbocycles. The van der Waals surface area contributed by atoms with Gasteiger partial charge in [-0.25, -0.2) is 0 Å². The fraction of sp³-hybridized carbons (Fsp3) is 1.00. The van der Waals surface area contributed by atoms with Gasteiger partial charge in [0.25, 0.3) is 0 Å². The van der Waals surface area contributed by atoms with E-state index in [4.69, 9.17) is 5.73 Å². The zero-order chi connectivity index (χ0) is 7.66. The summed E-state index contributed by atoms with van der Waals surface area (Å²) in [6.45, 7) is 5.38. The van der Waals surface area contributed by atoms with Gasteiger partial charge in [-0.2, -0.15) is 0 Å². The summed E-state index contributed by atoms with van der Waals surface area (Å²) in [6, 6.07) is 0. The highest BCUT2D eigenvalue weighted by molar-refractivity contribution is 4.55. The molecule has 0 amide bonds. The molecule has 2 heteroatoms. The molecule has 0 spiro atoms. The van der Waals surface area contributed by atoms with Gasteiger partial charge in [-0.1, -0.05) is 13.3 Å². The molecule has 10 heavy (non-hydrogen) atoms. The van der Waals surface area contributed by atoms with Crippen molar-refractivity contribution in [3.63, 3.8) is 0 Å². The predicted octanol–water partition coefficient (Wildman–Crippen LogP) is 1.61. The molecular formula is C8H24N2. The predicted molar refractivity (Wildman–Crippen MR) is 50.3 cm³/mol. The van der Waals surface area contributed by atoms with Gasteiger partial charge in [0.2, 0.25) is 0 Å². The quantitative estimate of drug-likeness (QED) is 0.593. The number of rotatable bonds is 1. The third-order valence-corrected chi connectivity index (χ3v) is 1.50. The molecule has 66 valence electrons. The number of hydrogen-bond acceptors (Lipinski definition) is 2. The van der Waals surface area contributed by atoms with Crippen LogP contribution in [0.3, 0.4) is 0 Å². The van der Waals surface area contributed by atoms with Crippen molar-refractivity contribution >= 4 is 0 Å². The Morgan fingerprint density at radius 3 is 1.90 bits per heavy atom. The van der Waals surface area contributed by atoms with Gasteiger partial charge in [-0.3, -0.25) is 0 Å². The molecule has 0 aromatic carbocycles. The van der Waals surface area contributed by atoms with E-state index in [0.717, 1.165) is 13.0 Å². The van der Waals surface area contributed by atoms with Crippen LogP contribution in [0, 0.1) is 0 Å². The highest BCUT2D eigenvalue weighted by atomic mass is 14.9. The van der Waals surface area contributed by atoms with Crippen LogP contribution in [0.25, 0.3) is 0 Å². The monoisotopic (exact) mass is 148 g/mol. The van der Waals surface area contributed by atoms with Crippen LogP contribution in [0.15, 0.2) is 0 Å². The Kier molecular flexibility index (Phi) is 8.85. The smallest absolute Gasteiger partial charge is 0 e. The van der Waals surface area contributed by atoms with Gasteiger partial charge in [0.05, 0.1) is 0 Å². The summed E-state index contributed by atoms with van der Waals surface area (Å²) in [6.07, 6.45) is 5.31. The van der Waals surface area contributed by atoms with E-state index in [-0.39, 0.29) is 2.85 Å². The van der Waals surface area contributed by atoms with Crippen LogP contribution in [-0.2, 0) is 0 Å². The molecular weight excluding hydrogens is 124 g/mol. The van der Waals surface area contributed by atoms with E-state index in [1.54, 1.807) is 0 Å². The average molecular weight is 148 g/mol. The van der Waals surface area contributed by atoms with Crippen LogP contribution < -0.4 is 11.1 Å².